The molecule has 1 atom stereocenters. The van der Waals surface area contributed by atoms with Gasteiger partial charge in [0.2, 0.25) is 0 Å². The van der Waals surface area contributed by atoms with Crippen molar-refractivity contribution in [3.05, 3.63) is 65.0 Å². The van der Waals surface area contributed by atoms with E-state index in [4.69, 9.17) is 4.74 Å². The van der Waals surface area contributed by atoms with Crippen molar-refractivity contribution >= 4 is 5.97 Å². The van der Waals surface area contributed by atoms with Crippen molar-refractivity contribution in [1.29, 1.82) is 0 Å². The number of rotatable bonds is 6. The Morgan fingerprint density at radius 2 is 1.91 bits per heavy atom. The average molecular weight is 316 g/mol. The number of carboxylic acids is 1. The molecule has 2 rings (SSSR count). The first-order valence-corrected chi connectivity index (χ1v) is 7.58. The molecule has 0 aliphatic rings. The number of hydrogen-bond donors (Lipinski definition) is 1. The largest absolute Gasteiger partial charge is 0.496 e. The predicted molar refractivity (Wildman–Crippen MR) is 87.6 cm³/mol. The van der Waals surface area contributed by atoms with Crippen LogP contribution in [0.3, 0.4) is 0 Å². The summed E-state index contributed by atoms with van der Waals surface area (Å²) in [5, 5.41) is 9.55. The van der Waals surface area contributed by atoms with Gasteiger partial charge in [0.05, 0.1) is 13.0 Å². The molecule has 2 aromatic carbocycles. The second-order valence-electron chi connectivity index (χ2n) is 5.84. The SMILES string of the molecule is COc1ccc(C(C)C)cc1CC(C(=O)O)c1ccccc1F. The number of carbonyl (C=O) groups is 1. The second kappa shape index (κ2) is 7.27. The molecule has 0 fully saturated rings. The molecule has 4 heteroatoms. The van der Waals surface area contributed by atoms with Gasteiger partial charge in [-0.3, -0.25) is 4.79 Å². The third kappa shape index (κ3) is 3.89. The van der Waals surface area contributed by atoms with E-state index in [2.05, 4.69) is 13.8 Å². The Morgan fingerprint density at radius 1 is 1.22 bits per heavy atom. The molecule has 0 heterocycles. The van der Waals surface area contributed by atoms with Crippen molar-refractivity contribution in [1.82, 2.24) is 0 Å². The van der Waals surface area contributed by atoms with Gasteiger partial charge >= 0.3 is 5.97 Å². The van der Waals surface area contributed by atoms with E-state index >= 15 is 0 Å². The number of hydrogen-bond acceptors (Lipinski definition) is 2. The summed E-state index contributed by atoms with van der Waals surface area (Å²) in [6.07, 6.45) is 0.181. The zero-order valence-corrected chi connectivity index (χ0v) is 13.5. The molecule has 0 saturated carbocycles. The summed E-state index contributed by atoms with van der Waals surface area (Å²) in [5.41, 5.74) is 2.06. The maximum atomic E-state index is 14.0. The molecule has 0 amide bonds. The van der Waals surface area contributed by atoms with Crippen molar-refractivity contribution in [2.45, 2.75) is 32.1 Å². The van der Waals surface area contributed by atoms with Gasteiger partial charge in [-0.25, -0.2) is 4.39 Å². The predicted octanol–water partition coefficient (Wildman–Crippen LogP) is 4.37. The quantitative estimate of drug-likeness (QED) is 0.861. The first kappa shape index (κ1) is 17.0. The molecule has 0 radical (unpaired) electrons. The van der Waals surface area contributed by atoms with E-state index < -0.39 is 17.7 Å². The van der Waals surface area contributed by atoms with Crippen molar-refractivity contribution < 1.29 is 19.0 Å². The number of ether oxygens (including phenoxy) is 1. The van der Waals surface area contributed by atoms with Gasteiger partial charge in [-0.1, -0.05) is 44.2 Å². The summed E-state index contributed by atoms with van der Waals surface area (Å²) in [6.45, 7) is 4.13. The highest BCUT2D eigenvalue weighted by molar-refractivity contribution is 5.76. The van der Waals surface area contributed by atoms with Crippen molar-refractivity contribution in [3.8, 4) is 5.75 Å². The maximum absolute atomic E-state index is 14.0. The van der Waals surface area contributed by atoms with E-state index in [9.17, 15) is 14.3 Å². The molecular weight excluding hydrogens is 295 g/mol. The van der Waals surface area contributed by atoms with Gasteiger partial charge in [0.1, 0.15) is 11.6 Å². The summed E-state index contributed by atoms with van der Waals surface area (Å²) >= 11 is 0. The summed E-state index contributed by atoms with van der Waals surface area (Å²) < 4.78 is 19.3. The minimum absolute atomic E-state index is 0.181. The Labute approximate surface area is 135 Å². The minimum atomic E-state index is -1.05. The normalized spacial score (nSPS) is 12.2. The van der Waals surface area contributed by atoms with Crippen LogP contribution < -0.4 is 4.74 Å². The van der Waals surface area contributed by atoms with Crippen LogP contribution in [0.2, 0.25) is 0 Å². The number of methoxy groups -OCH3 is 1. The van der Waals surface area contributed by atoms with Crippen LogP contribution >= 0.6 is 0 Å². The zero-order chi connectivity index (χ0) is 17.0. The van der Waals surface area contributed by atoms with E-state index in [0.717, 1.165) is 11.1 Å². The van der Waals surface area contributed by atoms with Gasteiger partial charge < -0.3 is 9.84 Å². The van der Waals surface area contributed by atoms with E-state index in [1.54, 1.807) is 19.2 Å². The van der Waals surface area contributed by atoms with Crippen LogP contribution in [-0.2, 0) is 11.2 Å². The van der Waals surface area contributed by atoms with Gasteiger partial charge in [-0.15, -0.1) is 0 Å². The van der Waals surface area contributed by atoms with E-state index in [1.807, 2.05) is 18.2 Å². The van der Waals surface area contributed by atoms with E-state index in [1.165, 1.54) is 12.1 Å². The summed E-state index contributed by atoms with van der Waals surface area (Å²) in [5.74, 6) is -1.56. The summed E-state index contributed by atoms with van der Waals surface area (Å²) in [4.78, 5) is 11.7. The van der Waals surface area contributed by atoms with Gasteiger partial charge in [0.25, 0.3) is 0 Å². The Balaban J connectivity index is 2.43. The van der Waals surface area contributed by atoms with Crippen LogP contribution in [0.15, 0.2) is 42.5 Å². The number of carboxylic acid groups (broad SMARTS) is 1. The van der Waals surface area contributed by atoms with E-state index in [0.29, 0.717) is 11.7 Å². The summed E-state index contributed by atoms with van der Waals surface area (Å²) in [7, 11) is 1.55. The van der Waals surface area contributed by atoms with Gasteiger partial charge in [-0.05, 0) is 35.6 Å². The molecule has 122 valence electrons. The smallest absolute Gasteiger partial charge is 0.311 e. The van der Waals surface area contributed by atoms with Crippen molar-refractivity contribution in [2.75, 3.05) is 7.11 Å². The average Bonchev–Trinajstić information content (AvgIpc) is 2.52. The molecule has 3 nitrogen and oxygen atoms in total. The van der Waals surface area contributed by atoms with Gasteiger partial charge in [0.15, 0.2) is 0 Å². The Bertz CT molecular complexity index is 695. The first-order valence-electron chi connectivity index (χ1n) is 7.58. The zero-order valence-electron chi connectivity index (χ0n) is 13.5. The molecule has 1 N–H and O–H groups in total. The minimum Gasteiger partial charge on any atom is -0.496 e. The molecule has 0 saturated heterocycles. The van der Waals surface area contributed by atoms with Crippen molar-refractivity contribution in [3.63, 3.8) is 0 Å². The van der Waals surface area contributed by atoms with Crippen LogP contribution in [0.25, 0.3) is 0 Å². The van der Waals surface area contributed by atoms with Crippen LogP contribution in [0, 0.1) is 5.82 Å². The lowest BCUT2D eigenvalue weighted by Crippen LogP contribution is -2.16. The molecule has 23 heavy (non-hydrogen) atoms. The molecule has 0 spiro atoms. The molecule has 2 aromatic rings. The lowest BCUT2D eigenvalue weighted by atomic mass is 9.89. The highest BCUT2D eigenvalue weighted by atomic mass is 19.1. The topological polar surface area (TPSA) is 46.5 Å². The third-order valence-corrected chi connectivity index (χ3v) is 3.97. The standard InChI is InChI=1S/C19H21FO3/c1-12(2)13-8-9-18(23-3)14(10-13)11-16(19(21)22)15-6-4-5-7-17(15)20/h4-10,12,16H,11H2,1-3H3,(H,21,22). The van der Waals surface area contributed by atoms with Crippen LogP contribution in [0.4, 0.5) is 4.39 Å². The molecule has 0 aliphatic heterocycles. The Morgan fingerprint density at radius 3 is 2.48 bits per heavy atom. The highest BCUT2D eigenvalue weighted by Crippen LogP contribution is 2.30. The number of benzene rings is 2. The van der Waals surface area contributed by atoms with Gasteiger partial charge in [-0.2, -0.15) is 0 Å². The Kier molecular flexibility index (Phi) is 5.37. The van der Waals surface area contributed by atoms with Crippen LogP contribution in [0.5, 0.6) is 5.75 Å². The number of halogens is 1. The summed E-state index contributed by atoms with van der Waals surface area (Å²) in [6, 6.07) is 11.8. The van der Waals surface area contributed by atoms with Gasteiger partial charge in [0, 0.05) is 5.56 Å². The van der Waals surface area contributed by atoms with Crippen LogP contribution in [-0.4, -0.2) is 18.2 Å². The monoisotopic (exact) mass is 316 g/mol. The maximum Gasteiger partial charge on any atom is 0.311 e. The highest BCUT2D eigenvalue weighted by Gasteiger charge is 2.25. The lowest BCUT2D eigenvalue weighted by Gasteiger charge is -2.17. The molecular formula is C19H21FO3. The Hall–Kier alpha value is -2.36. The number of aliphatic carboxylic acids is 1. The fourth-order valence-corrected chi connectivity index (χ4v) is 2.63. The fourth-order valence-electron chi connectivity index (χ4n) is 2.63. The van der Waals surface area contributed by atoms with E-state index in [-0.39, 0.29) is 12.0 Å². The molecule has 0 aliphatic carbocycles. The van der Waals surface area contributed by atoms with Crippen LogP contribution in [0.1, 0.15) is 42.4 Å². The third-order valence-electron chi connectivity index (χ3n) is 3.97. The fraction of sp³-hybridized carbons (Fsp3) is 0.316. The van der Waals surface area contributed by atoms with Crippen molar-refractivity contribution in [2.24, 2.45) is 0 Å². The first-order chi connectivity index (χ1) is 10.9. The molecule has 0 aromatic heterocycles. The molecule has 0 bridgehead atoms. The lowest BCUT2D eigenvalue weighted by molar-refractivity contribution is -0.138. The second-order valence-corrected chi connectivity index (χ2v) is 5.84. The molecule has 1 unspecified atom stereocenters.